The van der Waals surface area contributed by atoms with Crippen LogP contribution in [-0.4, -0.2) is 17.4 Å². The molecule has 1 aromatic carbocycles. The third kappa shape index (κ3) is 2.64. The second-order valence-corrected chi connectivity index (χ2v) is 5.71. The molecule has 0 fully saturated rings. The zero-order valence-corrected chi connectivity index (χ0v) is 12.8. The first kappa shape index (κ1) is 13.4. The Kier molecular flexibility index (Phi) is 3.63. The van der Waals surface area contributed by atoms with Crippen molar-refractivity contribution in [1.82, 2.24) is 4.98 Å². The third-order valence-electron chi connectivity index (χ3n) is 3.13. The molecule has 4 nitrogen and oxygen atoms in total. The first-order valence-electron chi connectivity index (χ1n) is 6.13. The molecule has 0 spiro atoms. The summed E-state index contributed by atoms with van der Waals surface area (Å²) in [5.41, 5.74) is 3.52. The Bertz CT molecular complexity index is 690. The summed E-state index contributed by atoms with van der Waals surface area (Å²) >= 11 is 9.10. The number of rotatable bonds is 2. The fourth-order valence-electron chi connectivity index (χ4n) is 2.14. The molecule has 3 rings (SSSR count). The lowest BCUT2D eigenvalue weighted by Gasteiger charge is -2.07. The molecule has 102 valence electrons. The van der Waals surface area contributed by atoms with E-state index in [2.05, 4.69) is 31.5 Å². The van der Waals surface area contributed by atoms with Crippen molar-refractivity contribution in [2.75, 3.05) is 17.2 Å². The standard InChI is InChI=1S/C14H11BrClN3O/c15-11-6-10(7-18-13(11)16)19-14(20)9-1-2-12-8(5-9)3-4-17-12/h1-2,5-7,17H,3-4H2,(H,19,20). The van der Waals surface area contributed by atoms with Gasteiger partial charge in [0.2, 0.25) is 0 Å². The molecule has 0 radical (unpaired) electrons. The first-order chi connectivity index (χ1) is 9.63. The van der Waals surface area contributed by atoms with Crippen LogP contribution in [0.25, 0.3) is 0 Å². The van der Waals surface area contributed by atoms with Crippen molar-refractivity contribution >= 4 is 44.8 Å². The Labute approximate surface area is 129 Å². The largest absolute Gasteiger partial charge is 0.384 e. The lowest BCUT2D eigenvalue weighted by atomic mass is 10.1. The molecule has 0 saturated carbocycles. The van der Waals surface area contributed by atoms with Crippen molar-refractivity contribution in [2.24, 2.45) is 0 Å². The second-order valence-electron chi connectivity index (χ2n) is 4.50. The predicted octanol–water partition coefficient (Wildman–Crippen LogP) is 3.72. The van der Waals surface area contributed by atoms with Crippen LogP contribution in [0.4, 0.5) is 11.4 Å². The highest BCUT2D eigenvalue weighted by Crippen LogP contribution is 2.25. The molecule has 1 aliphatic heterocycles. The predicted molar refractivity (Wildman–Crippen MR) is 83.5 cm³/mol. The van der Waals surface area contributed by atoms with Gasteiger partial charge in [0.05, 0.1) is 16.4 Å². The number of pyridine rings is 1. The van der Waals surface area contributed by atoms with Gasteiger partial charge in [-0.05, 0) is 52.2 Å². The third-order valence-corrected chi connectivity index (χ3v) is 4.27. The van der Waals surface area contributed by atoms with Crippen molar-refractivity contribution in [1.29, 1.82) is 0 Å². The van der Waals surface area contributed by atoms with E-state index in [1.54, 1.807) is 6.07 Å². The van der Waals surface area contributed by atoms with Gasteiger partial charge in [-0.2, -0.15) is 0 Å². The Morgan fingerprint density at radius 3 is 3.05 bits per heavy atom. The number of hydrogen-bond donors (Lipinski definition) is 2. The van der Waals surface area contributed by atoms with Gasteiger partial charge in [0, 0.05) is 17.8 Å². The maximum Gasteiger partial charge on any atom is 0.255 e. The highest BCUT2D eigenvalue weighted by atomic mass is 79.9. The number of nitrogens with zero attached hydrogens (tertiary/aromatic N) is 1. The minimum absolute atomic E-state index is 0.157. The van der Waals surface area contributed by atoms with Crippen LogP contribution >= 0.6 is 27.5 Å². The molecule has 1 amide bonds. The molecule has 1 aromatic heterocycles. The number of anilines is 2. The molecular weight excluding hydrogens is 342 g/mol. The molecule has 0 bridgehead atoms. The van der Waals surface area contributed by atoms with Gasteiger partial charge >= 0.3 is 0 Å². The summed E-state index contributed by atoms with van der Waals surface area (Å²) in [6.07, 6.45) is 2.48. The summed E-state index contributed by atoms with van der Waals surface area (Å²) in [4.78, 5) is 16.2. The summed E-state index contributed by atoms with van der Waals surface area (Å²) in [5.74, 6) is -0.157. The van der Waals surface area contributed by atoms with E-state index in [0.717, 1.165) is 18.7 Å². The van der Waals surface area contributed by atoms with Gasteiger partial charge in [-0.25, -0.2) is 4.98 Å². The average Bonchev–Trinajstić information content (AvgIpc) is 2.90. The van der Waals surface area contributed by atoms with E-state index in [1.165, 1.54) is 11.8 Å². The molecule has 2 N–H and O–H groups in total. The van der Waals surface area contributed by atoms with E-state index >= 15 is 0 Å². The molecule has 6 heteroatoms. The minimum Gasteiger partial charge on any atom is -0.384 e. The monoisotopic (exact) mass is 351 g/mol. The number of halogens is 2. The van der Waals surface area contributed by atoms with Gasteiger partial charge in [0.25, 0.3) is 5.91 Å². The number of hydrogen-bond acceptors (Lipinski definition) is 3. The van der Waals surface area contributed by atoms with Crippen LogP contribution in [-0.2, 0) is 6.42 Å². The van der Waals surface area contributed by atoms with Crippen LogP contribution in [0.3, 0.4) is 0 Å². The van der Waals surface area contributed by atoms with E-state index in [9.17, 15) is 4.79 Å². The summed E-state index contributed by atoms with van der Waals surface area (Å²) in [7, 11) is 0. The van der Waals surface area contributed by atoms with Crippen molar-refractivity contribution in [2.45, 2.75) is 6.42 Å². The van der Waals surface area contributed by atoms with Crippen LogP contribution in [0.15, 0.2) is 34.9 Å². The Morgan fingerprint density at radius 2 is 2.25 bits per heavy atom. The summed E-state index contributed by atoms with van der Waals surface area (Å²) in [6, 6.07) is 7.39. The number of nitrogens with one attached hydrogen (secondary N) is 2. The highest BCUT2D eigenvalue weighted by Gasteiger charge is 2.14. The van der Waals surface area contributed by atoms with Gasteiger partial charge in [0.15, 0.2) is 0 Å². The topological polar surface area (TPSA) is 54.0 Å². The molecule has 2 aromatic rings. The summed E-state index contributed by atoms with van der Waals surface area (Å²) in [5, 5.41) is 6.44. The molecule has 0 unspecified atom stereocenters. The van der Waals surface area contributed by atoms with Gasteiger partial charge in [0.1, 0.15) is 5.15 Å². The van der Waals surface area contributed by atoms with E-state index in [0.29, 0.717) is 20.9 Å². The summed E-state index contributed by atoms with van der Waals surface area (Å²) < 4.78 is 0.648. The Hall–Kier alpha value is -1.59. The van der Waals surface area contributed by atoms with Crippen molar-refractivity contribution in [3.05, 3.63) is 51.2 Å². The number of benzene rings is 1. The summed E-state index contributed by atoms with van der Waals surface area (Å²) in [6.45, 7) is 0.925. The zero-order valence-electron chi connectivity index (χ0n) is 10.4. The minimum atomic E-state index is -0.157. The number of amides is 1. The maximum absolute atomic E-state index is 12.2. The van der Waals surface area contributed by atoms with Gasteiger partial charge < -0.3 is 10.6 Å². The molecule has 0 atom stereocenters. The van der Waals surface area contributed by atoms with Crippen molar-refractivity contribution < 1.29 is 4.79 Å². The van der Waals surface area contributed by atoms with Gasteiger partial charge in [-0.3, -0.25) is 4.79 Å². The fourth-order valence-corrected chi connectivity index (χ4v) is 2.59. The lowest BCUT2D eigenvalue weighted by Crippen LogP contribution is -2.12. The van der Waals surface area contributed by atoms with E-state index in [4.69, 9.17) is 11.6 Å². The average molecular weight is 353 g/mol. The molecule has 0 aliphatic carbocycles. The highest BCUT2D eigenvalue weighted by molar-refractivity contribution is 9.10. The fraction of sp³-hybridized carbons (Fsp3) is 0.143. The Morgan fingerprint density at radius 1 is 1.40 bits per heavy atom. The van der Waals surface area contributed by atoms with Crippen LogP contribution in [0.5, 0.6) is 0 Å². The van der Waals surface area contributed by atoms with Gasteiger partial charge in [-0.1, -0.05) is 11.6 Å². The van der Waals surface area contributed by atoms with Crippen LogP contribution in [0.2, 0.25) is 5.15 Å². The zero-order chi connectivity index (χ0) is 14.1. The number of aromatic nitrogens is 1. The first-order valence-corrected chi connectivity index (χ1v) is 7.30. The number of carbonyl (C=O) groups is 1. The molecule has 2 heterocycles. The van der Waals surface area contributed by atoms with E-state index < -0.39 is 0 Å². The van der Waals surface area contributed by atoms with Crippen molar-refractivity contribution in [3.63, 3.8) is 0 Å². The van der Waals surface area contributed by atoms with E-state index in [1.807, 2.05) is 18.2 Å². The van der Waals surface area contributed by atoms with Crippen molar-refractivity contribution in [3.8, 4) is 0 Å². The van der Waals surface area contributed by atoms with Crippen LogP contribution in [0, 0.1) is 0 Å². The Balaban J connectivity index is 1.80. The lowest BCUT2D eigenvalue weighted by molar-refractivity contribution is 0.102. The molecule has 1 aliphatic rings. The molecule has 20 heavy (non-hydrogen) atoms. The van der Waals surface area contributed by atoms with Crippen LogP contribution < -0.4 is 10.6 Å². The normalized spacial score (nSPS) is 12.7. The quantitative estimate of drug-likeness (QED) is 0.810. The number of carbonyl (C=O) groups excluding carboxylic acids is 1. The molecular formula is C14H11BrClN3O. The SMILES string of the molecule is O=C(Nc1cnc(Cl)c(Br)c1)c1ccc2c(c1)CCN2. The molecule has 0 saturated heterocycles. The van der Waals surface area contributed by atoms with Gasteiger partial charge in [-0.15, -0.1) is 0 Å². The van der Waals surface area contributed by atoms with Crippen LogP contribution in [0.1, 0.15) is 15.9 Å². The smallest absolute Gasteiger partial charge is 0.255 e. The van der Waals surface area contributed by atoms with E-state index in [-0.39, 0.29) is 5.91 Å². The second kappa shape index (κ2) is 5.42. The number of fused-ring (bicyclic) bond motifs is 1. The maximum atomic E-state index is 12.2.